The van der Waals surface area contributed by atoms with E-state index in [9.17, 15) is 0 Å². The molecule has 4 aromatic heterocycles. The lowest BCUT2D eigenvalue weighted by Crippen LogP contribution is -2.41. The number of thiophene rings is 2. The quantitative estimate of drug-likeness (QED) is 0.0939. The first-order chi connectivity index (χ1) is 55.4. The van der Waals surface area contributed by atoms with Gasteiger partial charge in [0.2, 0.25) is 0 Å². The molecule has 0 amide bonds. The predicted molar refractivity (Wildman–Crippen MR) is 492 cm³/mol. The number of nitrogens with zero attached hydrogens (tertiary/aromatic N) is 4. The highest BCUT2D eigenvalue weighted by molar-refractivity contribution is 14.1. The van der Waals surface area contributed by atoms with E-state index in [1.807, 2.05) is 47.2 Å². The van der Waals surface area contributed by atoms with Crippen molar-refractivity contribution in [3.63, 3.8) is 0 Å². The van der Waals surface area contributed by atoms with Crippen molar-refractivity contribution in [2.75, 3.05) is 0 Å². The van der Waals surface area contributed by atoms with E-state index in [-0.39, 0.29) is 22.0 Å². The van der Waals surface area contributed by atoms with Crippen molar-refractivity contribution < 1.29 is 9.31 Å². The van der Waals surface area contributed by atoms with Crippen LogP contribution in [0.5, 0.6) is 0 Å². The Morgan fingerprint density at radius 2 is 0.596 bits per heavy atom. The Labute approximate surface area is 684 Å². The maximum absolute atomic E-state index is 6.26. The second-order valence-corrected chi connectivity index (χ2v) is 35.8. The van der Waals surface area contributed by atoms with Gasteiger partial charge in [-0.05, 0) is 179 Å². The Bertz CT molecular complexity index is 7350. The molecule has 0 spiro atoms. The zero-order chi connectivity index (χ0) is 77.1. The molecular formula is C104H76BIN4O2S2. The van der Waals surface area contributed by atoms with Crippen LogP contribution in [-0.2, 0) is 20.1 Å². The van der Waals surface area contributed by atoms with Crippen molar-refractivity contribution in [1.29, 1.82) is 0 Å². The van der Waals surface area contributed by atoms with E-state index < -0.39 is 7.12 Å². The molecule has 23 rings (SSSR count). The van der Waals surface area contributed by atoms with E-state index in [0.29, 0.717) is 0 Å². The van der Waals surface area contributed by atoms with Gasteiger partial charge in [-0.3, -0.25) is 9.97 Å². The molecule has 114 heavy (non-hydrogen) atoms. The number of hydrogen-bond donors (Lipinski definition) is 0. The van der Waals surface area contributed by atoms with Crippen LogP contribution in [0.2, 0.25) is 0 Å². The number of aromatic nitrogens is 4. The Kier molecular flexibility index (Phi) is 16.5. The number of rotatable bonds is 6. The van der Waals surface area contributed by atoms with Crippen LogP contribution in [0.25, 0.3) is 184 Å². The molecule has 5 heterocycles. The minimum atomic E-state index is -0.409. The summed E-state index contributed by atoms with van der Waals surface area (Å²) in [6.45, 7) is 17.7. The van der Waals surface area contributed by atoms with Crippen LogP contribution in [0.3, 0.4) is 0 Å². The summed E-state index contributed by atoms with van der Waals surface area (Å²) in [5, 5.41) is 14.6. The van der Waals surface area contributed by atoms with Gasteiger partial charge in [-0.2, -0.15) is 0 Å². The predicted octanol–water partition coefficient (Wildman–Crippen LogP) is 28.1. The van der Waals surface area contributed by atoms with Gasteiger partial charge >= 0.3 is 7.12 Å². The van der Waals surface area contributed by atoms with E-state index in [4.69, 9.17) is 29.2 Å². The summed E-state index contributed by atoms with van der Waals surface area (Å²) in [6, 6.07) is 110. The summed E-state index contributed by atoms with van der Waals surface area (Å²) in [5.74, 6) is 0. The zero-order valence-corrected chi connectivity index (χ0v) is 68.2. The lowest BCUT2D eigenvalue weighted by molar-refractivity contribution is 0.00578. The Hall–Kier alpha value is -11.6. The van der Waals surface area contributed by atoms with Gasteiger partial charge in [0, 0.05) is 87.4 Å². The van der Waals surface area contributed by atoms with Gasteiger partial charge in [0.15, 0.2) is 0 Å². The first kappa shape index (κ1) is 70.3. The number of benzene rings is 16. The second-order valence-electron chi connectivity index (χ2n) is 32.6. The lowest BCUT2D eigenvalue weighted by atomic mass is 9.78. The second kappa shape index (κ2) is 26.8. The van der Waals surface area contributed by atoms with Crippen molar-refractivity contribution in [2.24, 2.45) is 0 Å². The standard InChI is InChI=1S/C49H32N2S.C28H25BN2O2.C27H19IS/c1-49(2)42-23-8-7-16-36(42)37-25-24-30(27-43(37)49)33-20-11-22-41-40-21-10-19-32(47(40)52-48(33)41)29-12-9-13-31(26-29)44-28-50-45-38-17-5-3-14-34(38)35-15-4-6-18-39(35)46(45)51-44;1-27(2)28(3,4)33-29(32-27)19-11-9-10-18(16-19)24-17-30-25-22-14-7-5-12-20(22)21-13-6-8-15-23(21)26(25)31-24;1-27(2)22-11-4-3-7-18(22)19-14-13-16(15-23(19)27)17-8-5-9-20-21-10-6-12-24(28)26(21)29-25(17)20/h3-28H,1-2H3;5-17H,1-4H3;3-15H,1-2H3. The van der Waals surface area contributed by atoms with E-state index in [2.05, 4.69) is 369 Å². The molecule has 0 saturated carbocycles. The van der Waals surface area contributed by atoms with Crippen molar-refractivity contribution in [3.8, 4) is 78.1 Å². The SMILES string of the molecule is CC1(C)OB(c2cccc(-c3cnc4c5ccccc5c5ccccc5c4n3)c2)OC1(C)C.CC1(C)c2ccccc2-c2ccc(-c3cccc4c3sc3c(-c5cccc(-c6cnc7c8ccccc8c8ccccc8c7n6)c5)cccc34)cc21.CC1(C)c2ccccc2-c2ccc(-c3cccc4c3sc3c(I)cccc34)cc21. The minimum absolute atomic E-state index is 0.0331. The molecular weight excluding hydrogens is 1540 g/mol. The smallest absolute Gasteiger partial charge is 0.399 e. The summed E-state index contributed by atoms with van der Waals surface area (Å²) in [6.07, 6.45) is 3.80. The van der Waals surface area contributed by atoms with Gasteiger partial charge in [-0.15, -0.1) is 22.7 Å². The molecule has 0 radical (unpaired) electrons. The molecule has 0 atom stereocenters. The van der Waals surface area contributed by atoms with Crippen LogP contribution in [0.4, 0.5) is 0 Å². The van der Waals surface area contributed by atoms with Crippen LogP contribution in [0, 0.1) is 3.57 Å². The topological polar surface area (TPSA) is 70.0 Å². The highest BCUT2D eigenvalue weighted by atomic mass is 127. The molecule has 1 fully saturated rings. The van der Waals surface area contributed by atoms with Gasteiger partial charge in [-0.1, -0.05) is 307 Å². The summed E-state index contributed by atoms with van der Waals surface area (Å²) in [7, 11) is -0.409. The Morgan fingerprint density at radius 1 is 0.272 bits per heavy atom. The van der Waals surface area contributed by atoms with E-state index >= 15 is 0 Å². The first-order valence-corrected chi connectivity index (χ1v) is 41.9. The molecule has 1 saturated heterocycles. The van der Waals surface area contributed by atoms with Gasteiger partial charge in [0.25, 0.3) is 0 Å². The van der Waals surface area contributed by atoms with Crippen LogP contribution in [0.1, 0.15) is 77.6 Å². The fraction of sp³-hybridized carbons (Fsp3) is 0.115. The van der Waals surface area contributed by atoms with E-state index in [1.54, 1.807) is 0 Å². The molecule has 1 aliphatic heterocycles. The normalized spacial score (nSPS) is 14.7. The third kappa shape index (κ3) is 11.2. The molecule has 2 aliphatic carbocycles. The third-order valence-electron chi connectivity index (χ3n) is 24.8. The van der Waals surface area contributed by atoms with E-state index in [0.717, 1.165) is 71.6 Å². The Morgan fingerprint density at radius 3 is 1.05 bits per heavy atom. The van der Waals surface area contributed by atoms with E-state index in [1.165, 1.54) is 143 Å². The van der Waals surface area contributed by atoms with Crippen LogP contribution in [-0.4, -0.2) is 38.3 Å². The van der Waals surface area contributed by atoms with Crippen molar-refractivity contribution in [2.45, 2.75) is 77.4 Å². The number of halogens is 1. The Balaban J connectivity index is 0.000000114. The zero-order valence-electron chi connectivity index (χ0n) is 64.4. The van der Waals surface area contributed by atoms with Crippen molar-refractivity contribution in [1.82, 2.24) is 19.9 Å². The molecule has 6 nitrogen and oxygen atoms in total. The molecule has 10 heteroatoms. The molecule has 16 aromatic carbocycles. The molecule has 0 unspecified atom stereocenters. The summed E-state index contributed by atoms with van der Waals surface area (Å²) in [5.41, 5.74) is 26.5. The average Bonchev–Trinajstić information content (AvgIpc) is 1.27. The molecule has 0 bridgehead atoms. The number of hydrogen-bond acceptors (Lipinski definition) is 8. The van der Waals surface area contributed by atoms with Gasteiger partial charge < -0.3 is 9.31 Å². The fourth-order valence-corrected chi connectivity index (χ4v) is 21.7. The highest BCUT2D eigenvalue weighted by Crippen LogP contribution is 2.54. The van der Waals surface area contributed by atoms with Crippen molar-refractivity contribution in [3.05, 3.63) is 342 Å². The largest absolute Gasteiger partial charge is 0.494 e. The molecule has 0 N–H and O–H groups in total. The lowest BCUT2D eigenvalue weighted by Gasteiger charge is -2.32. The average molecular weight is 1620 g/mol. The molecule has 20 aromatic rings. The maximum Gasteiger partial charge on any atom is 0.494 e. The fourth-order valence-electron chi connectivity index (χ4n) is 18.2. The van der Waals surface area contributed by atoms with Gasteiger partial charge in [-0.25, -0.2) is 9.97 Å². The first-order valence-electron chi connectivity index (χ1n) is 39.2. The van der Waals surface area contributed by atoms with Gasteiger partial charge in [0.1, 0.15) is 0 Å². The maximum atomic E-state index is 6.26. The van der Waals surface area contributed by atoms with Gasteiger partial charge in [0.05, 0.1) is 57.1 Å². The summed E-state index contributed by atoms with van der Waals surface area (Å²) in [4.78, 5) is 20.3. The van der Waals surface area contributed by atoms with Crippen molar-refractivity contribution >= 4 is 163 Å². The highest BCUT2D eigenvalue weighted by Gasteiger charge is 2.52. The van der Waals surface area contributed by atoms with Crippen LogP contribution >= 0.6 is 45.3 Å². The third-order valence-corrected chi connectivity index (χ3v) is 28.7. The summed E-state index contributed by atoms with van der Waals surface area (Å²) >= 11 is 6.28. The van der Waals surface area contributed by atoms with Crippen LogP contribution in [0.15, 0.2) is 316 Å². The minimum Gasteiger partial charge on any atom is -0.399 e. The molecule has 546 valence electrons. The number of fused-ring (bicyclic) bond motifs is 24. The monoisotopic (exact) mass is 1610 g/mol. The molecule has 3 aliphatic rings. The summed E-state index contributed by atoms with van der Waals surface area (Å²) < 4.78 is 19.3. The van der Waals surface area contributed by atoms with Crippen LogP contribution < -0.4 is 5.46 Å².